The van der Waals surface area contributed by atoms with E-state index in [0.717, 1.165) is 0 Å². The van der Waals surface area contributed by atoms with Gasteiger partial charge in [0.1, 0.15) is 0 Å². The minimum Gasteiger partial charge on any atom is -0.396 e. The molecule has 3 nitrogen and oxygen atoms in total. The maximum atomic E-state index is 8.60. The number of aliphatic hydroxyl groups is 1. The molecule has 0 aromatic heterocycles. The molecule has 2 N–H and O–H groups in total. The summed E-state index contributed by atoms with van der Waals surface area (Å²) in [7, 11) is 0. The van der Waals surface area contributed by atoms with Gasteiger partial charge in [0.2, 0.25) is 0 Å². The summed E-state index contributed by atoms with van der Waals surface area (Å²) in [5, 5.41) is 11.5. The SMILES string of the molecule is OCCC1(S)N=CC=CN1. The van der Waals surface area contributed by atoms with Crippen molar-refractivity contribution in [3.05, 3.63) is 12.3 Å². The zero-order valence-electron chi connectivity index (χ0n) is 5.49. The highest BCUT2D eigenvalue weighted by molar-refractivity contribution is 7.81. The van der Waals surface area contributed by atoms with Gasteiger partial charge in [-0.1, -0.05) is 0 Å². The molecule has 10 heavy (non-hydrogen) atoms. The summed E-state index contributed by atoms with van der Waals surface area (Å²) in [4.78, 5) is 3.44. The molecule has 0 aromatic rings. The smallest absolute Gasteiger partial charge is 0.176 e. The molecule has 0 saturated carbocycles. The fourth-order valence-electron chi connectivity index (χ4n) is 0.721. The molecular weight excluding hydrogens is 148 g/mol. The zero-order valence-corrected chi connectivity index (χ0v) is 6.38. The number of hydrogen-bond acceptors (Lipinski definition) is 4. The average Bonchev–Trinajstić information content (AvgIpc) is 1.89. The first-order valence-electron chi connectivity index (χ1n) is 3.08. The van der Waals surface area contributed by atoms with E-state index in [0.29, 0.717) is 6.42 Å². The third-order valence-corrected chi connectivity index (χ3v) is 1.71. The van der Waals surface area contributed by atoms with Crippen LogP contribution in [-0.4, -0.2) is 22.9 Å². The van der Waals surface area contributed by atoms with E-state index in [2.05, 4.69) is 22.9 Å². The van der Waals surface area contributed by atoms with Crippen LogP contribution in [0.5, 0.6) is 0 Å². The second-order valence-electron chi connectivity index (χ2n) is 2.07. The monoisotopic (exact) mass is 158 g/mol. The van der Waals surface area contributed by atoms with Gasteiger partial charge in [0.15, 0.2) is 4.99 Å². The summed E-state index contributed by atoms with van der Waals surface area (Å²) >= 11 is 4.21. The van der Waals surface area contributed by atoms with E-state index < -0.39 is 4.99 Å². The van der Waals surface area contributed by atoms with Crippen LogP contribution in [-0.2, 0) is 0 Å². The quantitative estimate of drug-likeness (QED) is 0.500. The van der Waals surface area contributed by atoms with Gasteiger partial charge in [-0.25, -0.2) is 0 Å². The Bertz CT molecular complexity index is 169. The molecular formula is C6H10N2OS. The second-order valence-corrected chi connectivity index (χ2v) is 2.81. The number of aliphatic imine (C=N–C) groups is 1. The van der Waals surface area contributed by atoms with Crippen LogP contribution in [0.1, 0.15) is 6.42 Å². The summed E-state index contributed by atoms with van der Waals surface area (Å²) in [5.74, 6) is 0. The molecule has 0 radical (unpaired) electrons. The Morgan fingerprint density at radius 3 is 3.00 bits per heavy atom. The molecule has 0 saturated heterocycles. The number of allylic oxidation sites excluding steroid dienone is 1. The molecule has 56 valence electrons. The van der Waals surface area contributed by atoms with Crippen LogP contribution in [0.2, 0.25) is 0 Å². The van der Waals surface area contributed by atoms with E-state index in [1.54, 1.807) is 18.5 Å². The Morgan fingerprint density at radius 1 is 1.70 bits per heavy atom. The topological polar surface area (TPSA) is 44.6 Å². The lowest BCUT2D eigenvalue weighted by molar-refractivity contribution is 0.263. The molecule has 0 spiro atoms. The van der Waals surface area contributed by atoms with Crippen molar-refractivity contribution in [1.29, 1.82) is 0 Å². The maximum Gasteiger partial charge on any atom is 0.176 e. The van der Waals surface area contributed by atoms with Gasteiger partial charge < -0.3 is 10.4 Å². The van der Waals surface area contributed by atoms with Crippen molar-refractivity contribution in [2.45, 2.75) is 11.4 Å². The number of rotatable bonds is 2. The minimum atomic E-state index is -0.594. The molecule has 1 heterocycles. The number of hydrogen-bond donors (Lipinski definition) is 3. The van der Waals surface area contributed by atoms with E-state index in [-0.39, 0.29) is 6.61 Å². The Balaban J connectivity index is 2.52. The van der Waals surface area contributed by atoms with E-state index in [4.69, 9.17) is 5.11 Å². The fraction of sp³-hybridized carbons (Fsp3) is 0.500. The molecule has 0 aromatic carbocycles. The van der Waals surface area contributed by atoms with Crippen LogP contribution in [0.25, 0.3) is 0 Å². The second kappa shape index (κ2) is 3.07. The molecule has 1 aliphatic heterocycles. The van der Waals surface area contributed by atoms with Crippen LogP contribution < -0.4 is 5.32 Å². The molecule has 1 aliphatic rings. The number of nitrogens with zero attached hydrogens (tertiary/aromatic N) is 1. The first-order chi connectivity index (χ1) is 4.77. The molecule has 1 unspecified atom stereocenters. The lowest BCUT2D eigenvalue weighted by Gasteiger charge is -2.25. The van der Waals surface area contributed by atoms with Gasteiger partial charge >= 0.3 is 0 Å². The summed E-state index contributed by atoms with van der Waals surface area (Å²) in [6.07, 6.45) is 5.72. The van der Waals surface area contributed by atoms with Crippen molar-refractivity contribution in [3.8, 4) is 0 Å². The molecule has 0 amide bonds. The minimum absolute atomic E-state index is 0.0850. The summed E-state index contributed by atoms with van der Waals surface area (Å²) in [6.45, 7) is 0.0850. The Kier molecular flexibility index (Phi) is 2.34. The average molecular weight is 158 g/mol. The van der Waals surface area contributed by atoms with Crippen LogP contribution in [0, 0.1) is 0 Å². The van der Waals surface area contributed by atoms with Gasteiger partial charge in [0.25, 0.3) is 0 Å². The standard InChI is InChI=1S/C6H10N2OS/c9-5-2-6(10)7-3-1-4-8-6/h1,3-4,7,9-10H,2,5H2. The highest BCUT2D eigenvalue weighted by Gasteiger charge is 2.21. The van der Waals surface area contributed by atoms with E-state index in [1.807, 2.05) is 0 Å². The zero-order chi connectivity index (χ0) is 7.45. The number of aliphatic hydroxyl groups excluding tert-OH is 1. The lowest BCUT2D eigenvalue weighted by Crippen LogP contribution is -2.36. The first kappa shape index (κ1) is 7.63. The van der Waals surface area contributed by atoms with Crippen molar-refractivity contribution in [2.75, 3.05) is 6.61 Å². The van der Waals surface area contributed by atoms with Crippen molar-refractivity contribution < 1.29 is 5.11 Å². The molecule has 1 atom stereocenters. The molecule has 1 rings (SSSR count). The van der Waals surface area contributed by atoms with Gasteiger partial charge in [-0.05, 0) is 6.08 Å². The largest absolute Gasteiger partial charge is 0.396 e. The van der Waals surface area contributed by atoms with Gasteiger partial charge in [-0.3, -0.25) is 4.99 Å². The van der Waals surface area contributed by atoms with Crippen LogP contribution in [0.15, 0.2) is 17.3 Å². The molecule has 0 aliphatic carbocycles. The van der Waals surface area contributed by atoms with E-state index in [9.17, 15) is 0 Å². The van der Waals surface area contributed by atoms with Crippen molar-refractivity contribution in [2.24, 2.45) is 4.99 Å². The maximum absolute atomic E-state index is 8.60. The number of nitrogens with one attached hydrogen (secondary N) is 1. The fourth-order valence-corrected chi connectivity index (χ4v) is 0.962. The van der Waals surface area contributed by atoms with Crippen molar-refractivity contribution >= 4 is 18.8 Å². The highest BCUT2D eigenvalue weighted by atomic mass is 32.1. The highest BCUT2D eigenvalue weighted by Crippen LogP contribution is 2.17. The normalized spacial score (nSPS) is 30.2. The van der Waals surface area contributed by atoms with Crippen molar-refractivity contribution in [1.82, 2.24) is 5.32 Å². The van der Waals surface area contributed by atoms with Crippen LogP contribution in [0.4, 0.5) is 0 Å². The van der Waals surface area contributed by atoms with Crippen LogP contribution in [0.3, 0.4) is 0 Å². The van der Waals surface area contributed by atoms with Crippen LogP contribution >= 0.6 is 12.6 Å². The predicted octanol–water partition coefficient (Wildman–Crippen LogP) is 0.140. The molecule has 0 bridgehead atoms. The Hall–Kier alpha value is -0.480. The third kappa shape index (κ3) is 1.75. The Labute approximate surface area is 65.3 Å². The predicted molar refractivity (Wildman–Crippen MR) is 44.2 cm³/mol. The summed E-state index contributed by atoms with van der Waals surface area (Å²) in [6, 6.07) is 0. The summed E-state index contributed by atoms with van der Waals surface area (Å²) < 4.78 is 0. The third-order valence-electron chi connectivity index (χ3n) is 1.25. The Morgan fingerprint density at radius 2 is 2.50 bits per heavy atom. The molecule has 0 fully saturated rings. The van der Waals surface area contributed by atoms with Gasteiger partial charge in [-0.2, -0.15) is 0 Å². The molecule has 4 heteroatoms. The van der Waals surface area contributed by atoms with Crippen molar-refractivity contribution in [3.63, 3.8) is 0 Å². The van der Waals surface area contributed by atoms with E-state index >= 15 is 0 Å². The summed E-state index contributed by atoms with van der Waals surface area (Å²) in [5.41, 5.74) is 0. The van der Waals surface area contributed by atoms with Gasteiger partial charge in [0.05, 0.1) is 0 Å². The number of thiol groups is 1. The van der Waals surface area contributed by atoms with Gasteiger partial charge in [0, 0.05) is 25.4 Å². The first-order valence-corrected chi connectivity index (χ1v) is 3.53. The van der Waals surface area contributed by atoms with Gasteiger partial charge in [-0.15, -0.1) is 12.6 Å². The van der Waals surface area contributed by atoms with E-state index in [1.165, 1.54) is 0 Å². The lowest BCUT2D eigenvalue weighted by atomic mass is 10.3.